The summed E-state index contributed by atoms with van der Waals surface area (Å²) >= 11 is 0. The van der Waals surface area contributed by atoms with Gasteiger partial charge in [0.2, 0.25) is 0 Å². The minimum absolute atomic E-state index is 0.109. The molecule has 8 nitrogen and oxygen atoms in total. The van der Waals surface area contributed by atoms with E-state index in [1.165, 1.54) is 43.2 Å². The minimum Gasteiger partial charge on any atom is -0.481 e. The van der Waals surface area contributed by atoms with E-state index in [4.69, 9.17) is 9.52 Å². The molecule has 5 rings (SSSR count). The fraction of sp³-hybridized carbons (Fsp3) is 0.448. The Labute approximate surface area is 216 Å². The fourth-order valence-electron chi connectivity index (χ4n) is 5.73. The average molecular weight is 503 g/mol. The molecule has 1 amide bonds. The van der Waals surface area contributed by atoms with Crippen molar-refractivity contribution in [3.63, 3.8) is 0 Å². The molecule has 3 aromatic rings. The molecule has 0 aliphatic heterocycles. The highest BCUT2D eigenvalue weighted by atomic mass is 16.4. The first kappa shape index (κ1) is 25.0. The summed E-state index contributed by atoms with van der Waals surface area (Å²) < 4.78 is 5.54. The summed E-state index contributed by atoms with van der Waals surface area (Å²) in [6.07, 6.45) is 10.6. The third-order valence-corrected chi connectivity index (χ3v) is 7.81. The zero-order valence-corrected chi connectivity index (χ0v) is 21.0. The fourth-order valence-corrected chi connectivity index (χ4v) is 5.73. The summed E-state index contributed by atoms with van der Waals surface area (Å²) in [7, 11) is 0. The Morgan fingerprint density at radius 1 is 0.784 bits per heavy atom. The maximum atomic E-state index is 12.6. The standard InChI is InChI=1S/C29H34N4O4/c34-26(35)18-19-6-8-21(9-7-19)23-10-14-24(15-11-23)30-27(36)28-32-33-29(37-28)31-25-16-12-22(13-17-25)20-4-2-1-3-5-20/h10-17,19-21H,1-9,18H2,(H,30,36)(H,31,33)(H,34,35). The number of nitrogens with one attached hydrogen (secondary N) is 2. The predicted octanol–water partition coefficient (Wildman–Crippen LogP) is 6.86. The third kappa shape index (κ3) is 6.56. The van der Waals surface area contributed by atoms with Crippen molar-refractivity contribution in [1.29, 1.82) is 0 Å². The van der Waals surface area contributed by atoms with E-state index in [1.807, 2.05) is 36.4 Å². The summed E-state index contributed by atoms with van der Waals surface area (Å²) in [4.78, 5) is 23.6. The van der Waals surface area contributed by atoms with Crippen molar-refractivity contribution < 1.29 is 19.1 Å². The van der Waals surface area contributed by atoms with Gasteiger partial charge < -0.3 is 20.2 Å². The number of benzene rings is 2. The Morgan fingerprint density at radius 3 is 2.00 bits per heavy atom. The van der Waals surface area contributed by atoms with Gasteiger partial charge in [-0.05, 0) is 91.7 Å². The number of anilines is 3. The van der Waals surface area contributed by atoms with E-state index in [0.717, 1.165) is 31.4 Å². The van der Waals surface area contributed by atoms with Crippen molar-refractivity contribution in [3.8, 4) is 0 Å². The van der Waals surface area contributed by atoms with Gasteiger partial charge in [0.25, 0.3) is 0 Å². The van der Waals surface area contributed by atoms with E-state index in [9.17, 15) is 9.59 Å². The Bertz CT molecular complexity index is 1190. The summed E-state index contributed by atoms with van der Waals surface area (Å²) in [6.45, 7) is 0. The average Bonchev–Trinajstić information content (AvgIpc) is 3.39. The number of amides is 1. The SMILES string of the molecule is O=C(O)CC1CCC(c2ccc(NC(=O)c3nnc(Nc4ccc(C5CCCCC5)cc4)o3)cc2)CC1. The molecule has 2 aliphatic carbocycles. The van der Waals surface area contributed by atoms with E-state index in [-0.39, 0.29) is 24.2 Å². The van der Waals surface area contributed by atoms with Crippen LogP contribution in [0, 0.1) is 5.92 Å². The summed E-state index contributed by atoms with van der Waals surface area (Å²) in [5, 5.41) is 22.7. The number of hydrogen-bond donors (Lipinski definition) is 3. The van der Waals surface area contributed by atoms with Crippen molar-refractivity contribution in [1.82, 2.24) is 10.2 Å². The number of aliphatic carboxylic acids is 1. The number of hydrogen-bond acceptors (Lipinski definition) is 6. The van der Waals surface area contributed by atoms with E-state index in [1.54, 1.807) is 0 Å². The lowest BCUT2D eigenvalue weighted by Gasteiger charge is -2.28. The molecule has 194 valence electrons. The van der Waals surface area contributed by atoms with Gasteiger partial charge in [-0.3, -0.25) is 9.59 Å². The van der Waals surface area contributed by atoms with Gasteiger partial charge >= 0.3 is 23.8 Å². The number of aromatic nitrogens is 2. The van der Waals surface area contributed by atoms with Crippen LogP contribution in [0.5, 0.6) is 0 Å². The number of rotatable bonds is 8. The van der Waals surface area contributed by atoms with Crippen LogP contribution in [0.15, 0.2) is 52.9 Å². The van der Waals surface area contributed by atoms with Crippen LogP contribution in [-0.4, -0.2) is 27.2 Å². The Balaban J connectivity index is 1.12. The zero-order chi connectivity index (χ0) is 25.6. The maximum Gasteiger partial charge on any atom is 0.320 e. The number of carboxylic acid groups (broad SMARTS) is 1. The highest BCUT2D eigenvalue weighted by molar-refractivity contribution is 6.00. The van der Waals surface area contributed by atoms with Crippen LogP contribution in [0.25, 0.3) is 0 Å². The first-order valence-electron chi connectivity index (χ1n) is 13.4. The van der Waals surface area contributed by atoms with E-state index in [2.05, 4.69) is 33.0 Å². The van der Waals surface area contributed by atoms with E-state index < -0.39 is 11.9 Å². The third-order valence-electron chi connectivity index (χ3n) is 7.81. The normalized spacial score (nSPS) is 20.3. The van der Waals surface area contributed by atoms with Gasteiger partial charge in [0, 0.05) is 17.8 Å². The molecule has 0 saturated heterocycles. The van der Waals surface area contributed by atoms with Gasteiger partial charge in [0.05, 0.1) is 0 Å². The minimum atomic E-state index is -0.712. The lowest BCUT2D eigenvalue weighted by Crippen LogP contribution is -2.16. The zero-order valence-electron chi connectivity index (χ0n) is 21.0. The van der Waals surface area contributed by atoms with Crippen LogP contribution in [0.1, 0.15) is 97.9 Å². The van der Waals surface area contributed by atoms with Crippen molar-refractivity contribution in [3.05, 3.63) is 65.5 Å². The summed E-state index contributed by atoms with van der Waals surface area (Å²) in [5.41, 5.74) is 4.07. The number of carboxylic acids is 1. The molecule has 0 spiro atoms. The number of carbonyl (C=O) groups excluding carboxylic acids is 1. The summed E-state index contributed by atoms with van der Waals surface area (Å²) in [5.74, 6) is 0.0704. The number of carbonyl (C=O) groups is 2. The molecular weight excluding hydrogens is 468 g/mol. The van der Waals surface area contributed by atoms with Gasteiger partial charge in [-0.2, -0.15) is 0 Å². The van der Waals surface area contributed by atoms with Crippen molar-refractivity contribution >= 4 is 29.3 Å². The molecule has 0 bridgehead atoms. The molecule has 2 fully saturated rings. The largest absolute Gasteiger partial charge is 0.481 e. The van der Waals surface area contributed by atoms with Crippen LogP contribution in [0.3, 0.4) is 0 Å². The van der Waals surface area contributed by atoms with Crippen LogP contribution < -0.4 is 10.6 Å². The first-order chi connectivity index (χ1) is 18.0. The van der Waals surface area contributed by atoms with Gasteiger partial charge in [-0.15, -0.1) is 5.10 Å². The Hall–Kier alpha value is -3.68. The van der Waals surface area contributed by atoms with Crippen LogP contribution in [0.2, 0.25) is 0 Å². The van der Waals surface area contributed by atoms with Gasteiger partial charge in [0.1, 0.15) is 0 Å². The molecule has 2 aromatic carbocycles. The molecule has 2 saturated carbocycles. The van der Waals surface area contributed by atoms with Gasteiger partial charge in [-0.25, -0.2) is 0 Å². The topological polar surface area (TPSA) is 117 Å². The maximum absolute atomic E-state index is 12.6. The summed E-state index contributed by atoms with van der Waals surface area (Å²) in [6, 6.07) is 16.3. The molecule has 3 N–H and O–H groups in total. The molecule has 0 unspecified atom stereocenters. The quantitative estimate of drug-likeness (QED) is 0.308. The van der Waals surface area contributed by atoms with Gasteiger partial charge in [-0.1, -0.05) is 48.6 Å². The second-order valence-electron chi connectivity index (χ2n) is 10.4. The van der Waals surface area contributed by atoms with Crippen molar-refractivity contribution in [2.24, 2.45) is 5.92 Å². The first-order valence-corrected chi connectivity index (χ1v) is 13.4. The molecule has 8 heteroatoms. The number of nitrogens with zero attached hydrogens (tertiary/aromatic N) is 2. The molecule has 1 heterocycles. The molecule has 2 aliphatic rings. The Morgan fingerprint density at radius 2 is 1.38 bits per heavy atom. The van der Waals surface area contributed by atoms with Crippen LogP contribution in [-0.2, 0) is 4.79 Å². The smallest absolute Gasteiger partial charge is 0.320 e. The molecule has 37 heavy (non-hydrogen) atoms. The van der Waals surface area contributed by atoms with E-state index in [0.29, 0.717) is 17.5 Å². The molecule has 1 aromatic heterocycles. The predicted molar refractivity (Wildman–Crippen MR) is 141 cm³/mol. The second-order valence-corrected chi connectivity index (χ2v) is 10.4. The lowest BCUT2D eigenvalue weighted by atomic mass is 9.77. The van der Waals surface area contributed by atoms with Crippen LogP contribution in [0.4, 0.5) is 17.4 Å². The second kappa shape index (κ2) is 11.6. The molecular formula is C29H34N4O4. The van der Waals surface area contributed by atoms with E-state index >= 15 is 0 Å². The van der Waals surface area contributed by atoms with Crippen LogP contribution >= 0.6 is 0 Å². The van der Waals surface area contributed by atoms with Crippen molar-refractivity contribution in [2.75, 3.05) is 10.6 Å². The Kier molecular flexibility index (Phi) is 7.82. The highest BCUT2D eigenvalue weighted by Gasteiger charge is 2.24. The molecule has 0 radical (unpaired) electrons. The highest BCUT2D eigenvalue weighted by Crippen LogP contribution is 2.37. The monoisotopic (exact) mass is 502 g/mol. The molecule has 0 atom stereocenters. The lowest BCUT2D eigenvalue weighted by molar-refractivity contribution is -0.138. The van der Waals surface area contributed by atoms with Crippen molar-refractivity contribution in [2.45, 2.75) is 76.0 Å². The van der Waals surface area contributed by atoms with Gasteiger partial charge in [0.15, 0.2) is 0 Å².